The Kier molecular flexibility index (Phi) is 4.98. The molecule has 2 aromatic carbocycles. The quantitative estimate of drug-likeness (QED) is 0.677. The zero-order chi connectivity index (χ0) is 22.6. The molecule has 0 aromatic heterocycles. The molecule has 3 aliphatic rings. The van der Waals surface area contributed by atoms with Gasteiger partial charge in [0.1, 0.15) is 0 Å². The molecule has 32 heavy (non-hydrogen) atoms. The lowest BCUT2D eigenvalue weighted by Crippen LogP contribution is -2.61. The van der Waals surface area contributed by atoms with E-state index in [4.69, 9.17) is 28.4 Å². The minimum atomic E-state index is -1.17. The first-order valence-corrected chi connectivity index (χ1v) is 10.7. The van der Waals surface area contributed by atoms with Crippen LogP contribution < -0.4 is 28.4 Å². The number of hydrogen-bond donors (Lipinski definition) is 0. The van der Waals surface area contributed by atoms with E-state index in [0.717, 1.165) is 19.3 Å². The van der Waals surface area contributed by atoms with E-state index in [-0.39, 0.29) is 23.3 Å². The molecule has 2 atom stereocenters. The van der Waals surface area contributed by atoms with Crippen molar-refractivity contribution in [3.05, 3.63) is 34.9 Å². The molecule has 1 fully saturated rings. The summed E-state index contributed by atoms with van der Waals surface area (Å²) in [7, 11) is 5.98. The average Bonchev–Trinajstić information content (AvgIpc) is 2.80. The van der Waals surface area contributed by atoms with Gasteiger partial charge >= 0.3 is 0 Å². The van der Waals surface area contributed by atoms with Gasteiger partial charge in [0.05, 0.1) is 28.4 Å². The Morgan fingerprint density at radius 3 is 1.56 bits per heavy atom. The first kappa shape index (κ1) is 21.0. The Morgan fingerprint density at radius 2 is 1.19 bits per heavy atom. The Morgan fingerprint density at radius 1 is 0.750 bits per heavy atom. The van der Waals surface area contributed by atoms with Gasteiger partial charge in [-0.1, -0.05) is 6.42 Å². The van der Waals surface area contributed by atoms with Crippen molar-refractivity contribution in [2.45, 2.75) is 37.9 Å². The Labute approximate surface area is 185 Å². The molecule has 172 valence electrons. The monoisotopic (exact) mass is 448 g/mol. The van der Waals surface area contributed by atoms with Gasteiger partial charge in [-0.05, 0) is 25.7 Å². The number of rotatable bonds is 4. The lowest BCUT2D eigenvalue weighted by atomic mass is 9.68. The zero-order valence-electron chi connectivity index (χ0n) is 18.6. The van der Waals surface area contributed by atoms with Gasteiger partial charge in [0, 0.05) is 35.1 Å². The van der Waals surface area contributed by atoms with Crippen LogP contribution in [0.3, 0.4) is 0 Å². The molecule has 0 amide bonds. The minimum Gasteiger partial charge on any atom is -0.493 e. The number of fused-ring (bicyclic) bond motifs is 2. The summed E-state index contributed by atoms with van der Waals surface area (Å²) < 4.78 is 64.6. The van der Waals surface area contributed by atoms with Gasteiger partial charge in [0.25, 0.3) is 5.79 Å². The van der Waals surface area contributed by atoms with Crippen molar-refractivity contribution < 1.29 is 37.2 Å². The lowest BCUT2D eigenvalue weighted by Gasteiger charge is -2.53. The summed E-state index contributed by atoms with van der Waals surface area (Å²) in [5.41, 5.74) is 1.23. The topological polar surface area (TPSA) is 55.4 Å². The average molecular weight is 448 g/mol. The van der Waals surface area contributed by atoms with Crippen LogP contribution >= 0.6 is 0 Å². The van der Waals surface area contributed by atoms with Crippen molar-refractivity contribution in [3.8, 4) is 34.5 Å². The molecule has 5 rings (SSSR count). The Bertz CT molecular complexity index is 986. The second kappa shape index (κ2) is 7.60. The first-order valence-electron chi connectivity index (χ1n) is 10.7. The van der Waals surface area contributed by atoms with Crippen LogP contribution in [0.1, 0.15) is 30.4 Å². The van der Waals surface area contributed by atoms with Crippen molar-refractivity contribution in [2.75, 3.05) is 28.4 Å². The number of methoxy groups -OCH3 is 4. The molecule has 0 bridgehead atoms. The molecule has 0 N–H and O–H groups in total. The predicted octanol–water partition coefficient (Wildman–Crippen LogP) is 4.68. The fourth-order valence-electron chi connectivity index (χ4n) is 5.63. The fraction of sp³-hybridized carbons (Fsp3) is 0.500. The van der Waals surface area contributed by atoms with Gasteiger partial charge in [0.15, 0.2) is 46.1 Å². The molecule has 0 radical (unpaired) electrons. The van der Waals surface area contributed by atoms with Crippen molar-refractivity contribution in [2.24, 2.45) is 11.8 Å². The van der Waals surface area contributed by atoms with Gasteiger partial charge in [-0.25, -0.2) is 8.78 Å². The fourth-order valence-corrected chi connectivity index (χ4v) is 5.63. The molecule has 2 heterocycles. The van der Waals surface area contributed by atoms with E-state index >= 15 is 8.78 Å². The van der Waals surface area contributed by atoms with Crippen LogP contribution in [0.25, 0.3) is 0 Å². The molecule has 1 aliphatic carbocycles. The highest BCUT2D eigenvalue weighted by Crippen LogP contribution is 2.57. The maximum Gasteiger partial charge on any atom is 0.257 e. The summed E-state index contributed by atoms with van der Waals surface area (Å²) in [6, 6.07) is 2.50. The SMILES string of the molecule is COc1cc(F)c2c(c1OC)C[C@H]1CCC[C@@H]3Cc4c(c(F)cc(OC)c4OC)OC13O2. The van der Waals surface area contributed by atoms with Crippen molar-refractivity contribution in [1.82, 2.24) is 0 Å². The number of benzene rings is 2. The Hall–Kier alpha value is -2.90. The molecule has 0 unspecified atom stereocenters. The molecule has 1 spiro atoms. The third-order valence-electron chi connectivity index (χ3n) is 7.01. The maximum atomic E-state index is 15.1. The maximum absolute atomic E-state index is 15.1. The van der Waals surface area contributed by atoms with Crippen LogP contribution in [0.2, 0.25) is 0 Å². The molecule has 8 heteroatoms. The summed E-state index contributed by atoms with van der Waals surface area (Å²) >= 11 is 0. The van der Waals surface area contributed by atoms with Crippen LogP contribution in [-0.2, 0) is 12.8 Å². The highest BCUT2D eigenvalue weighted by atomic mass is 19.1. The molecule has 2 aromatic rings. The highest BCUT2D eigenvalue weighted by molar-refractivity contribution is 5.58. The molecular formula is C24H26F2O6. The second-order valence-corrected chi connectivity index (χ2v) is 8.46. The van der Waals surface area contributed by atoms with Gasteiger partial charge < -0.3 is 28.4 Å². The summed E-state index contributed by atoms with van der Waals surface area (Å²) in [5, 5.41) is 0. The molecule has 1 saturated carbocycles. The summed E-state index contributed by atoms with van der Waals surface area (Å²) in [5.74, 6) is -0.797. The zero-order valence-corrected chi connectivity index (χ0v) is 18.6. The molecule has 0 saturated heterocycles. The van der Waals surface area contributed by atoms with E-state index in [9.17, 15) is 0 Å². The third kappa shape index (κ3) is 2.81. The van der Waals surface area contributed by atoms with E-state index < -0.39 is 17.4 Å². The summed E-state index contributed by atoms with van der Waals surface area (Å²) in [6.07, 6.45) is 3.53. The third-order valence-corrected chi connectivity index (χ3v) is 7.01. The largest absolute Gasteiger partial charge is 0.493 e. The van der Waals surface area contributed by atoms with E-state index in [1.165, 1.54) is 40.6 Å². The second-order valence-electron chi connectivity index (χ2n) is 8.46. The molecular weight excluding hydrogens is 422 g/mol. The van der Waals surface area contributed by atoms with Gasteiger partial charge in [-0.15, -0.1) is 0 Å². The summed E-state index contributed by atoms with van der Waals surface area (Å²) in [6.45, 7) is 0. The van der Waals surface area contributed by atoms with Crippen LogP contribution in [0.4, 0.5) is 8.78 Å². The first-order chi connectivity index (χ1) is 15.5. The minimum absolute atomic E-state index is 0.0788. The van der Waals surface area contributed by atoms with E-state index in [0.29, 0.717) is 47.0 Å². The number of hydrogen-bond acceptors (Lipinski definition) is 6. The standard InChI is InChI=1S/C24H26F2O6/c1-27-18-10-16(25)20-14(22(18)29-3)8-12-6-5-7-13-9-15-21(32-24(12,13)31-20)17(26)11-19(28-2)23(15)30-4/h10-13H,5-9H2,1-4H3/t12-,13-,24?/m1/s1. The van der Waals surface area contributed by atoms with Crippen molar-refractivity contribution in [1.29, 1.82) is 0 Å². The predicted molar refractivity (Wildman–Crippen MR) is 111 cm³/mol. The van der Waals surface area contributed by atoms with Gasteiger partial charge in [-0.3, -0.25) is 0 Å². The summed E-state index contributed by atoms with van der Waals surface area (Å²) in [4.78, 5) is 0. The highest BCUT2D eigenvalue weighted by Gasteiger charge is 2.59. The van der Waals surface area contributed by atoms with Crippen LogP contribution in [0.15, 0.2) is 12.1 Å². The molecule has 2 aliphatic heterocycles. The van der Waals surface area contributed by atoms with Crippen LogP contribution in [0.5, 0.6) is 34.5 Å². The van der Waals surface area contributed by atoms with Crippen LogP contribution in [0, 0.1) is 23.5 Å². The number of ether oxygens (including phenoxy) is 6. The normalized spacial score (nSPS) is 25.2. The lowest BCUT2D eigenvalue weighted by molar-refractivity contribution is -0.228. The van der Waals surface area contributed by atoms with E-state index in [1.807, 2.05) is 0 Å². The van der Waals surface area contributed by atoms with Gasteiger partial charge in [0.2, 0.25) is 0 Å². The van der Waals surface area contributed by atoms with Crippen molar-refractivity contribution in [3.63, 3.8) is 0 Å². The Balaban J connectivity index is 1.66. The smallest absolute Gasteiger partial charge is 0.257 e. The van der Waals surface area contributed by atoms with Crippen molar-refractivity contribution >= 4 is 0 Å². The number of halogens is 2. The van der Waals surface area contributed by atoms with Gasteiger partial charge in [-0.2, -0.15) is 0 Å². The molecule has 6 nitrogen and oxygen atoms in total. The van der Waals surface area contributed by atoms with E-state index in [1.54, 1.807) is 0 Å². The van der Waals surface area contributed by atoms with Crippen LogP contribution in [-0.4, -0.2) is 34.2 Å². The van der Waals surface area contributed by atoms with E-state index in [2.05, 4.69) is 0 Å².